The molecule has 0 rings (SSSR count). The van der Waals surface area contributed by atoms with Crippen LogP contribution < -0.4 is 5.32 Å². The molecule has 0 aliphatic rings. The average Bonchev–Trinajstić information content (AvgIpc) is 2.35. The van der Waals surface area contributed by atoms with Crippen LogP contribution in [-0.2, 0) is 0 Å². The Labute approximate surface area is 111 Å². The van der Waals surface area contributed by atoms with E-state index in [9.17, 15) is 0 Å². The lowest BCUT2D eigenvalue weighted by molar-refractivity contribution is 0.586. The topological polar surface area (TPSA) is 12.0 Å². The van der Waals surface area contributed by atoms with Crippen molar-refractivity contribution in [2.45, 2.75) is 78.1 Å². The molecule has 0 heterocycles. The standard InChI is InChI=1S/C15H34NP/c1-3-5-7-8-9-10-11-12-14-17-15-16-13-6-4-2/h16-17H,3-15H2,1-2H3. The largest absolute Gasteiger partial charge is 0.313 e. The summed E-state index contributed by atoms with van der Waals surface area (Å²) in [6.07, 6.45) is 17.0. The van der Waals surface area contributed by atoms with E-state index >= 15 is 0 Å². The Morgan fingerprint density at radius 2 is 1.29 bits per heavy atom. The quantitative estimate of drug-likeness (QED) is 0.336. The van der Waals surface area contributed by atoms with Crippen molar-refractivity contribution in [3.8, 4) is 0 Å². The van der Waals surface area contributed by atoms with Gasteiger partial charge in [0.1, 0.15) is 0 Å². The van der Waals surface area contributed by atoms with Crippen LogP contribution in [0.25, 0.3) is 0 Å². The van der Waals surface area contributed by atoms with E-state index in [2.05, 4.69) is 19.2 Å². The highest BCUT2D eigenvalue weighted by molar-refractivity contribution is 7.37. The number of nitrogens with one attached hydrogen (secondary N) is 1. The van der Waals surface area contributed by atoms with Crippen LogP contribution in [0.5, 0.6) is 0 Å². The van der Waals surface area contributed by atoms with Gasteiger partial charge in [-0.05, 0) is 25.5 Å². The number of hydrogen-bond donors (Lipinski definition) is 1. The van der Waals surface area contributed by atoms with Crippen molar-refractivity contribution in [1.29, 1.82) is 0 Å². The van der Waals surface area contributed by atoms with Crippen LogP contribution in [0.2, 0.25) is 0 Å². The molecule has 0 radical (unpaired) electrons. The molecule has 0 aromatic carbocycles. The van der Waals surface area contributed by atoms with Crippen molar-refractivity contribution in [3.05, 3.63) is 0 Å². The van der Waals surface area contributed by atoms with Gasteiger partial charge in [0.25, 0.3) is 0 Å². The second kappa shape index (κ2) is 16.4. The molecule has 0 aromatic heterocycles. The molecule has 1 nitrogen and oxygen atoms in total. The Bertz CT molecular complexity index is 114. The molecule has 0 aromatic rings. The predicted molar refractivity (Wildman–Crippen MR) is 83.6 cm³/mol. The zero-order chi connectivity index (χ0) is 12.6. The van der Waals surface area contributed by atoms with E-state index in [4.69, 9.17) is 0 Å². The summed E-state index contributed by atoms with van der Waals surface area (Å²) < 4.78 is 0. The summed E-state index contributed by atoms with van der Waals surface area (Å²) in [4.78, 5) is 0. The minimum atomic E-state index is 1.14. The van der Waals surface area contributed by atoms with Crippen LogP contribution >= 0.6 is 8.58 Å². The van der Waals surface area contributed by atoms with E-state index in [0.717, 1.165) is 8.58 Å². The van der Waals surface area contributed by atoms with Crippen LogP contribution in [0.1, 0.15) is 78.1 Å². The molecule has 0 amide bonds. The molecular formula is C15H34NP. The van der Waals surface area contributed by atoms with E-state index in [1.807, 2.05) is 0 Å². The Morgan fingerprint density at radius 3 is 1.94 bits per heavy atom. The molecule has 1 unspecified atom stereocenters. The molecule has 2 heteroatoms. The molecule has 0 bridgehead atoms. The Morgan fingerprint density at radius 1 is 0.706 bits per heavy atom. The van der Waals surface area contributed by atoms with Gasteiger partial charge in [-0.3, -0.25) is 0 Å². The molecule has 17 heavy (non-hydrogen) atoms. The van der Waals surface area contributed by atoms with Gasteiger partial charge < -0.3 is 5.32 Å². The summed E-state index contributed by atoms with van der Waals surface area (Å²) in [5.74, 6) is 0. The Kier molecular flexibility index (Phi) is 16.8. The van der Waals surface area contributed by atoms with Crippen LogP contribution in [-0.4, -0.2) is 19.0 Å². The third-order valence-corrected chi connectivity index (χ3v) is 4.37. The fourth-order valence-corrected chi connectivity index (χ4v) is 2.98. The Hall–Kier alpha value is 0.390. The van der Waals surface area contributed by atoms with Gasteiger partial charge >= 0.3 is 0 Å². The smallest absolute Gasteiger partial charge is 0.0127 e. The second-order valence-corrected chi connectivity index (χ2v) is 6.36. The van der Waals surface area contributed by atoms with Crippen molar-refractivity contribution in [3.63, 3.8) is 0 Å². The summed E-state index contributed by atoms with van der Waals surface area (Å²) in [6.45, 7) is 5.76. The summed E-state index contributed by atoms with van der Waals surface area (Å²) in [7, 11) is 1.14. The SMILES string of the molecule is CCCCCCCCCCPCNCCCC. The monoisotopic (exact) mass is 259 g/mol. The van der Waals surface area contributed by atoms with Crippen LogP contribution in [0.15, 0.2) is 0 Å². The average molecular weight is 259 g/mol. The second-order valence-electron chi connectivity index (χ2n) is 5.01. The van der Waals surface area contributed by atoms with Crippen LogP contribution in [0.4, 0.5) is 0 Å². The molecule has 0 spiro atoms. The highest BCUT2D eigenvalue weighted by Gasteiger charge is 1.92. The number of rotatable bonds is 14. The fourth-order valence-electron chi connectivity index (χ4n) is 1.95. The number of unbranched alkanes of at least 4 members (excludes halogenated alkanes) is 8. The molecule has 0 aliphatic carbocycles. The molecule has 0 saturated heterocycles. The van der Waals surface area contributed by atoms with Crippen molar-refractivity contribution in [1.82, 2.24) is 5.32 Å². The first-order chi connectivity index (χ1) is 8.41. The van der Waals surface area contributed by atoms with Gasteiger partial charge in [0.05, 0.1) is 0 Å². The van der Waals surface area contributed by atoms with E-state index in [1.165, 1.54) is 83.2 Å². The van der Waals surface area contributed by atoms with Gasteiger partial charge in [0.2, 0.25) is 0 Å². The van der Waals surface area contributed by atoms with Gasteiger partial charge in [0.15, 0.2) is 0 Å². The summed E-state index contributed by atoms with van der Waals surface area (Å²) in [5.41, 5.74) is 0. The first-order valence-corrected chi connectivity index (χ1v) is 9.24. The zero-order valence-corrected chi connectivity index (χ0v) is 13.2. The molecule has 0 fully saturated rings. The normalized spacial score (nSPS) is 11.6. The van der Waals surface area contributed by atoms with E-state index in [-0.39, 0.29) is 0 Å². The van der Waals surface area contributed by atoms with Gasteiger partial charge in [-0.2, -0.15) is 0 Å². The van der Waals surface area contributed by atoms with Gasteiger partial charge in [0, 0.05) is 6.29 Å². The fraction of sp³-hybridized carbons (Fsp3) is 1.00. The zero-order valence-electron chi connectivity index (χ0n) is 12.2. The van der Waals surface area contributed by atoms with Gasteiger partial charge in [-0.15, -0.1) is 8.58 Å². The molecular weight excluding hydrogens is 225 g/mol. The van der Waals surface area contributed by atoms with Gasteiger partial charge in [-0.1, -0.05) is 65.2 Å². The minimum Gasteiger partial charge on any atom is -0.313 e. The summed E-state index contributed by atoms with van der Waals surface area (Å²) in [5, 5.41) is 3.52. The number of hydrogen-bond acceptors (Lipinski definition) is 1. The lowest BCUT2D eigenvalue weighted by atomic mass is 10.1. The van der Waals surface area contributed by atoms with Crippen molar-refractivity contribution in [2.75, 3.05) is 19.0 Å². The molecule has 0 aliphatic heterocycles. The molecule has 0 saturated carbocycles. The van der Waals surface area contributed by atoms with Crippen LogP contribution in [0, 0.1) is 0 Å². The Balaban J connectivity index is 2.85. The van der Waals surface area contributed by atoms with Crippen molar-refractivity contribution in [2.24, 2.45) is 0 Å². The summed E-state index contributed by atoms with van der Waals surface area (Å²) >= 11 is 0. The first kappa shape index (κ1) is 17.4. The predicted octanol–water partition coefficient (Wildman–Crippen LogP) is 5.15. The maximum Gasteiger partial charge on any atom is 0.0127 e. The minimum absolute atomic E-state index is 1.14. The van der Waals surface area contributed by atoms with Crippen molar-refractivity contribution < 1.29 is 0 Å². The van der Waals surface area contributed by atoms with E-state index in [0.29, 0.717) is 0 Å². The summed E-state index contributed by atoms with van der Waals surface area (Å²) in [6, 6.07) is 0. The van der Waals surface area contributed by atoms with Crippen LogP contribution in [0.3, 0.4) is 0 Å². The first-order valence-electron chi connectivity index (χ1n) is 7.83. The van der Waals surface area contributed by atoms with Crippen molar-refractivity contribution >= 4 is 8.58 Å². The lowest BCUT2D eigenvalue weighted by Crippen LogP contribution is -2.13. The maximum atomic E-state index is 3.52. The molecule has 104 valence electrons. The third-order valence-electron chi connectivity index (χ3n) is 3.16. The third kappa shape index (κ3) is 16.4. The molecule has 1 atom stereocenters. The lowest BCUT2D eigenvalue weighted by Gasteiger charge is -2.04. The van der Waals surface area contributed by atoms with Gasteiger partial charge in [-0.25, -0.2) is 0 Å². The van der Waals surface area contributed by atoms with E-state index in [1.54, 1.807) is 0 Å². The maximum absolute atomic E-state index is 3.52. The highest BCUT2D eigenvalue weighted by atomic mass is 31.1. The van der Waals surface area contributed by atoms with E-state index < -0.39 is 0 Å². The highest BCUT2D eigenvalue weighted by Crippen LogP contribution is 2.13. The molecule has 1 N–H and O–H groups in total.